The number of thiol groups is 1. The molecule has 0 fully saturated rings. The van der Waals surface area contributed by atoms with Crippen LogP contribution in [0.15, 0.2) is 0 Å². The summed E-state index contributed by atoms with van der Waals surface area (Å²) < 4.78 is 0. The van der Waals surface area contributed by atoms with Crippen LogP contribution in [0.2, 0.25) is 0 Å². The molecule has 3 N–H and O–H groups in total. The second-order valence-corrected chi connectivity index (χ2v) is 4.21. The van der Waals surface area contributed by atoms with Crippen molar-refractivity contribution >= 4 is 12.6 Å². The number of rotatable bonds is 10. The van der Waals surface area contributed by atoms with Gasteiger partial charge < -0.3 is 5.73 Å². The van der Waals surface area contributed by atoms with E-state index in [1.165, 1.54) is 57.8 Å². The van der Waals surface area contributed by atoms with Gasteiger partial charge in [-0.15, -0.1) is 0 Å². The van der Waals surface area contributed by atoms with Gasteiger partial charge in [-0.1, -0.05) is 38.5 Å². The summed E-state index contributed by atoms with van der Waals surface area (Å²) >= 11 is 4.20. The van der Waals surface area contributed by atoms with E-state index in [4.69, 9.17) is 0 Å². The highest BCUT2D eigenvalue weighted by molar-refractivity contribution is 7.80. The standard InChI is InChI=1S/C11H25NS/c12-10-8-6-4-2-1-3-5-7-9-11-13/h13H,1-12H2/p+1. The van der Waals surface area contributed by atoms with Crippen molar-refractivity contribution in [1.29, 1.82) is 0 Å². The summed E-state index contributed by atoms with van der Waals surface area (Å²) in [6.45, 7) is 1.11. The minimum absolute atomic E-state index is 1.06. The van der Waals surface area contributed by atoms with Crippen molar-refractivity contribution in [3.05, 3.63) is 0 Å². The van der Waals surface area contributed by atoms with Gasteiger partial charge in [0.15, 0.2) is 0 Å². The first kappa shape index (κ1) is 13.3. The van der Waals surface area contributed by atoms with E-state index in [0.717, 1.165) is 12.3 Å². The van der Waals surface area contributed by atoms with Crippen molar-refractivity contribution in [2.75, 3.05) is 12.3 Å². The molecule has 1 nitrogen and oxygen atoms in total. The predicted octanol–water partition coefficient (Wildman–Crippen LogP) is 2.67. The summed E-state index contributed by atoms with van der Waals surface area (Å²) in [7, 11) is 0. The molecule has 0 unspecified atom stereocenters. The van der Waals surface area contributed by atoms with Gasteiger partial charge in [0.1, 0.15) is 0 Å². The first-order chi connectivity index (χ1) is 6.41. The zero-order valence-electron chi connectivity index (χ0n) is 8.93. The average Bonchev–Trinajstić information content (AvgIpc) is 2.16. The molecule has 0 aromatic carbocycles. The maximum atomic E-state index is 4.20. The molecule has 0 bridgehead atoms. The van der Waals surface area contributed by atoms with Crippen molar-refractivity contribution in [3.63, 3.8) is 0 Å². The number of unbranched alkanes of at least 4 members (excludes halogenated alkanes) is 8. The molecule has 0 heterocycles. The highest BCUT2D eigenvalue weighted by Crippen LogP contribution is 2.09. The number of hydrogen-bond donors (Lipinski definition) is 2. The second kappa shape index (κ2) is 12.3. The topological polar surface area (TPSA) is 27.6 Å². The lowest BCUT2D eigenvalue weighted by Crippen LogP contribution is -2.50. The molecule has 2 heteroatoms. The Morgan fingerprint density at radius 3 is 1.38 bits per heavy atom. The maximum Gasteiger partial charge on any atom is 0.0739 e. The van der Waals surface area contributed by atoms with E-state index < -0.39 is 0 Å². The fourth-order valence-electron chi connectivity index (χ4n) is 1.53. The Morgan fingerprint density at radius 2 is 1.00 bits per heavy atom. The zero-order valence-corrected chi connectivity index (χ0v) is 9.83. The van der Waals surface area contributed by atoms with Gasteiger partial charge in [0, 0.05) is 0 Å². The molecule has 0 rings (SSSR count). The van der Waals surface area contributed by atoms with Gasteiger partial charge in [0.2, 0.25) is 0 Å². The third-order valence-electron chi connectivity index (χ3n) is 2.41. The lowest BCUT2D eigenvalue weighted by molar-refractivity contribution is -0.368. The molecule has 0 spiro atoms. The van der Waals surface area contributed by atoms with Gasteiger partial charge in [-0.3, -0.25) is 0 Å². The Kier molecular flexibility index (Phi) is 12.6. The van der Waals surface area contributed by atoms with E-state index in [9.17, 15) is 0 Å². The molecule has 0 atom stereocenters. The fraction of sp³-hybridized carbons (Fsp3) is 1.00. The Balaban J connectivity index is 2.76. The van der Waals surface area contributed by atoms with Crippen LogP contribution in [-0.2, 0) is 0 Å². The van der Waals surface area contributed by atoms with Crippen LogP contribution in [-0.4, -0.2) is 12.3 Å². The van der Waals surface area contributed by atoms with E-state index in [1.807, 2.05) is 0 Å². The van der Waals surface area contributed by atoms with Crippen LogP contribution >= 0.6 is 12.6 Å². The van der Waals surface area contributed by atoms with Crippen LogP contribution in [0.4, 0.5) is 0 Å². The fourth-order valence-corrected chi connectivity index (χ4v) is 1.75. The molecule has 13 heavy (non-hydrogen) atoms. The highest BCUT2D eigenvalue weighted by Gasteiger charge is 1.91. The molecular formula is C11H26NS+. The van der Waals surface area contributed by atoms with Gasteiger partial charge in [0.25, 0.3) is 0 Å². The lowest BCUT2D eigenvalue weighted by Gasteiger charge is -2.00. The number of hydrogen-bond acceptors (Lipinski definition) is 1. The highest BCUT2D eigenvalue weighted by atomic mass is 32.1. The van der Waals surface area contributed by atoms with E-state index in [-0.39, 0.29) is 0 Å². The molecule has 0 aliphatic rings. The van der Waals surface area contributed by atoms with Crippen LogP contribution in [0.1, 0.15) is 57.8 Å². The van der Waals surface area contributed by atoms with Crippen LogP contribution in [0.25, 0.3) is 0 Å². The molecular weight excluding hydrogens is 178 g/mol. The first-order valence-electron chi connectivity index (χ1n) is 5.82. The third-order valence-corrected chi connectivity index (χ3v) is 2.72. The molecule has 0 radical (unpaired) electrons. The molecule has 0 saturated heterocycles. The van der Waals surface area contributed by atoms with Crippen LogP contribution in [0.3, 0.4) is 0 Å². The summed E-state index contributed by atoms with van der Waals surface area (Å²) in [6.07, 6.45) is 12.5. The molecule has 0 aromatic rings. The van der Waals surface area contributed by atoms with E-state index in [2.05, 4.69) is 18.4 Å². The molecule has 0 amide bonds. The van der Waals surface area contributed by atoms with Crippen molar-refractivity contribution in [2.45, 2.75) is 57.8 Å². The molecule has 0 aliphatic carbocycles. The van der Waals surface area contributed by atoms with Crippen LogP contribution in [0.5, 0.6) is 0 Å². The van der Waals surface area contributed by atoms with Crippen molar-refractivity contribution in [3.8, 4) is 0 Å². The van der Waals surface area contributed by atoms with Gasteiger partial charge >= 0.3 is 0 Å². The van der Waals surface area contributed by atoms with Crippen molar-refractivity contribution in [1.82, 2.24) is 0 Å². The lowest BCUT2D eigenvalue weighted by atomic mass is 10.1. The van der Waals surface area contributed by atoms with Gasteiger partial charge in [0.05, 0.1) is 6.54 Å². The largest absolute Gasteiger partial charge is 0.358 e. The van der Waals surface area contributed by atoms with Gasteiger partial charge in [-0.25, -0.2) is 0 Å². The van der Waals surface area contributed by atoms with Crippen molar-refractivity contribution < 1.29 is 5.73 Å². The molecule has 0 aliphatic heterocycles. The smallest absolute Gasteiger partial charge is 0.0739 e. The SMILES string of the molecule is [NH3+]CCCCCCCCCCCS. The Morgan fingerprint density at radius 1 is 0.615 bits per heavy atom. The van der Waals surface area contributed by atoms with Gasteiger partial charge in [-0.05, 0) is 25.0 Å². The Labute approximate surface area is 88.9 Å². The summed E-state index contributed by atoms with van der Waals surface area (Å²) in [5, 5.41) is 0. The van der Waals surface area contributed by atoms with Crippen molar-refractivity contribution in [2.24, 2.45) is 0 Å². The normalized spacial score (nSPS) is 10.6. The van der Waals surface area contributed by atoms with E-state index in [1.54, 1.807) is 0 Å². The minimum Gasteiger partial charge on any atom is -0.358 e. The van der Waals surface area contributed by atoms with E-state index in [0.29, 0.717) is 0 Å². The summed E-state index contributed by atoms with van der Waals surface area (Å²) in [5.74, 6) is 1.06. The monoisotopic (exact) mass is 204 g/mol. The summed E-state index contributed by atoms with van der Waals surface area (Å²) in [5.41, 5.74) is 3.85. The maximum absolute atomic E-state index is 4.20. The van der Waals surface area contributed by atoms with Crippen LogP contribution < -0.4 is 5.73 Å². The van der Waals surface area contributed by atoms with Crippen LogP contribution in [0, 0.1) is 0 Å². The predicted molar refractivity (Wildman–Crippen MR) is 63.2 cm³/mol. The summed E-state index contributed by atoms with van der Waals surface area (Å²) in [4.78, 5) is 0. The quantitative estimate of drug-likeness (QED) is 0.404. The molecule has 80 valence electrons. The molecule has 0 saturated carbocycles. The Hall–Kier alpha value is 0.310. The second-order valence-electron chi connectivity index (χ2n) is 3.76. The first-order valence-corrected chi connectivity index (χ1v) is 6.45. The zero-order chi connectivity index (χ0) is 9.78. The van der Waals surface area contributed by atoms with Gasteiger partial charge in [-0.2, -0.15) is 12.6 Å². The van der Waals surface area contributed by atoms with E-state index >= 15 is 0 Å². The number of quaternary nitrogens is 1. The third kappa shape index (κ3) is 12.3. The average molecular weight is 204 g/mol. The Bertz CT molecular complexity index is 76.2. The minimum atomic E-state index is 1.06. The molecule has 0 aromatic heterocycles. The summed E-state index contributed by atoms with van der Waals surface area (Å²) in [6, 6.07) is 0.